The number of nitrogens with one attached hydrogen (secondary N) is 4. The number of nitrogens with two attached hydrogens (primary N) is 1. The molecule has 0 aromatic carbocycles. The largest absolute Gasteiger partial charge is 0.368 e. The lowest BCUT2D eigenvalue weighted by molar-refractivity contribution is 0.940. The Bertz CT molecular complexity index is 647. The summed E-state index contributed by atoms with van der Waals surface area (Å²) in [5.41, 5.74) is 5.67. The van der Waals surface area contributed by atoms with Crippen LogP contribution in [0.5, 0.6) is 0 Å². The Morgan fingerprint density at radius 2 is 1.25 bits per heavy atom. The maximum atomic E-state index is 5.67. The highest BCUT2D eigenvalue weighted by atomic mass is 15.3. The molecular formula is C12H22N12. The van der Waals surface area contributed by atoms with Crippen molar-refractivity contribution in [2.45, 2.75) is 0 Å². The van der Waals surface area contributed by atoms with Gasteiger partial charge in [0, 0.05) is 41.3 Å². The Labute approximate surface area is 139 Å². The van der Waals surface area contributed by atoms with Crippen LogP contribution in [0.15, 0.2) is 0 Å². The number of rotatable bonds is 8. The predicted molar refractivity (Wildman–Crippen MR) is 94.5 cm³/mol. The molecule has 2 rings (SSSR count). The van der Waals surface area contributed by atoms with Gasteiger partial charge in [0.2, 0.25) is 35.7 Å². The van der Waals surface area contributed by atoms with Crippen LogP contribution < -0.4 is 31.9 Å². The summed E-state index contributed by atoms with van der Waals surface area (Å²) < 4.78 is 0. The smallest absolute Gasteiger partial charge is 0.231 e. The highest BCUT2D eigenvalue weighted by molar-refractivity contribution is 5.42. The molecule has 0 aliphatic carbocycles. The second-order valence-corrected chi connectivity index (χ2v) is 4.87. The summed E-state index contributed by atoms with van der Waals surface area (Å²) in [4.78, 5) is 26.7. The van der Waals surface area contributed by atoms with Crippen molar-refractivity contribution < 1.29 is 0 Å². The average molecular weight is 334 g/mol. The van der Waals surface area contributed by atoms with Crippen molar-refractivity contribution in [3.05, 3.63) is 0 Å². The Morgan fingerprint density at radius 1 is 0.750 bits per heavy atom. The molecule has 0 radical (unpaired) electrons. The van der Waals surface area contributed by atoms with E-state index in [4.69, 9.17) is 5.73 Å². The zero-order valence-electron chi connectivity index (χ0n) is 14.1. The zero-order valence-corrected chi connectivity index (χ0v) is 14.1. The van der Waals surface area contributed by atoms with E-state index in [0.717, 1.165) is 0 Å². The SMILES string of the molecule is CNc1nc(NC)nc(NCCNc2nc(N)nc(N(C)C)n2)n1. The highest BCUT2D eigenvalue weighted by Crippen LogP contribution is 2.09. The molecule has 0 bridgehead atoms. The lowest BCUT2D eigenvalue weighted by Crippen LogP contribution is -2.20. The number of hydrogen-bond acceptors (Lipinski definition) is 12. The van der Waals surface area contributed by atoms with Crippen LogP contribution in [0.2, 0.25) is 0 Å². The third-order valence-corrected chi connectivity index (χ3v) is 2.81. The van der Waals surface area contributed by atoms with Crippen molar-refractivity contribution in [3.63, 3.8) is 0 Å². The van der Waals surface area contributed by atoms with Gasteiger partial charge >= 0.3 is 0 Å². The molecule has 0 fully saturated rings. The Balaban J connectivity index is 1.91. The first kappa shape index (κ1) is 17.2. The second-order valence-electron chi connectivity index (χ2n) is 4.87. The van der Waals surface area contributed by atoms with Gasteiger partial charge in [-0.3, -0.25) is 0 Å². The molecule has 0 saturated heterocycles. The van der Waals surface area contributed by atoms with Gasteiger partial charge in [-0.05, 0) is 0 Å². The van der Waals surface area contributed by atoms with Crippen LogP contribution in [0.3, 0.4) is 0 Å². The molecule has 12 nitrogen and oxygen atoms in total. The van der Waals surface area contributed by atoms with Crippen molar-refractivity contribution in [2.24, 2.45) is 0 Å². The molecule has 2 aromatic heterocycles. The van der Waals surface area contributed by atoms with E-state index in [1.807, 2.05) is 14.1 Å². The fourth-order valence-electron chi connectivity index (χ4n) is 1.69. The molecule has 0 aliphatic rings. The van der Waals surface area contributed by atoms with E-state index in [1.165, 1.54) is 0 Å². The molecule has 24 heavy (non-hydrogen) atoms. The summed E-state index contributed by atoms with van der Waals surface area (Å²) in [6.07, 6.45) is 0. The number of aromatic nitrogens is 6. The van der Waals surface area contributed by atoms with Crippen molar-refractivity contribution in [2.75, 3.05) is 73.2 Å². The highest BCUT2D eigenvalue weighted by Gasteiger charge is 2.06. The fourth-order valence-corrected chi connectivity index (χ4v) is 1.69. The van der Waals surface area contributed by atoms with Gasteiger partial charge in [0.05, 0.1) is 0 Å². The van der Waals surface area contributed by atoms with Crippen molar-refractivity contribution in [1.29, 1.82) is 0 Å². The van der Waals surface area contributed by atoms with E-state index in [1.54, 1.807) is 19.0 Å². The minimum atomic E-state index is 0.166. The molecule has 6 N–H and O–H groups in total. The van der Waals surface area contributed by atoms with Crippen LogP contribution in [0, 0.1) is 0 Å². The van der Waals surface area contributed by atoms with Gasteiger partial charge in [-0.15, -0.1) is 0 Å². The van der Waals surface area contributed by atoms with Crippen LogP contribution in [0.4, 0.5) is 35.7 Å². The Kier molecular flexibility index (Phi) is 5.65. The van der Waals surface area contributed by atoms with Crippen LogP contribution in [-0.4, -0.2) is 71.2 Å². The molecule has 2 aromatic rings. The molecule has 0 saturated carbocycles. The molecule has 0 aliphatic heterocycles. The zero-order chi connectivity index (χ0) is 17.5. The van der Waals surface area contributed by atoms with E-state index in [0.29, 0.717) is 42.8 Å². The third-order valence-electron chi connectivity index (χ3n) is 2.81. The number of nitrogen functional groups attached to an aromatic ring is 1. The molecule has 2 heterocycles. The van der Waals surface area contributed by atoms with Crippen LogP contribution in [0.1, 0.15) is 0 Å². The van der Waals surface area contributed by atoms with E-state index in [2.05, 4.69) is 51.2 Å². The quantitative estimate of drug-likeness (QED) is 0.388. The van der Waals surface area contributed by atoms with Gasteiger partial charge in [0.1, 0.15) is 0 Å². The van der Waals surface area contributed by atoms with Gasteiger partial charge < -0.3 is 31.9 Å². The fraction of sp³-hybridized carbons (Fsp3) is 0.500. The van der Waals surface area contributed by atoms with Crippen LogP contribution >= 0.6 is 0 Å². The van der Waals surface area contributed by atoms with E-state index < -0.39 is 0 Å². The van der Waals surface area contributed by atoms with Crippen LogP contribution in [0.25, 0.3) is 0 Å². The minimum Gasteiger partial charge on any atom is -0.368 e. The number of anilines is 6. The monoisotopic (exact) mass is 334 g/mol. The first-order valence-electron chi connectivity index (χ1n) is 7.30. The lowest BCUT2D eigenvalue weighted by atomic mass is 10.6. The van der Waals surface area contributed by atoms with Crippen molar-refractivity contribution in [1.82, 2.24) is 29.9 Å². The lowest BCUT2D eigenvalue weighted by Gasteiger charge is -2.12. The molecule has 0 atom stereocenters. The van der Waals surface area contributed by atoms with Gasteiger partial charge in [0.25, 0.3) is 0 Å². The standard InChI is InChI=1S/C12H22N12/c1-14-8-20-9(15-2)22-11(21-8)17-6-5-16-10-18-7(13)19-12(23-10)24(3)4/h5-6H2,1-4H3,(H3,13,16,18,19,23)(H3,14,15,17,20,21,22). The van der Waals surface area contributed by atoms with E-state index in [9.17, 15) is 0 Å². The van der Waals surface area contributed by atoms with E-state index >= 15 is 0 Å². The third kappa shape index (κ3) is 4.66. The summed E-state index contributed by atoms with van der Waals surface area (Å²) in [6, 6.07) is 0. The normalized spacial score (nSPS) is 10.2. The Hall–Kier alpha value is -3.18. The van der Waals surface area contributed by atoms with Gasteiger partial charge in [-0.2, -0.15) is 29.9 Å². The second kappa shape index (κ2) is 7.89. The summed E-state index contributed by atoms with van der Waals surface area (Å²) >= 11 is 0. The summed E-state index contributed by atoms with van der Waals surface area (Å²) in [5.74, 6) is 2.49. The molecule has 0 unspecified atom stereocenters. The maximum Gasteiger partial charge on any atom is 0.231 e. The first-order chi connectivity index (χ1) is 11.5. The van der Waals surface area contributed by atoms with Gasteiger partial charge in [-0.1, -0.05) is 0 Å². The molecule has 130 valence electrons. The topological polar surface area (TPSA) is 155 Å². The molecule has 0 amide bonds. The summed E-state index contributed by atoms with van der Waals surface area (Å²) in [6.45, 7) is 1.10. The van der Waals surface area contributed by atoms with Crippen molar-refractivity contribution >= 4 is 35.7 Å². The van der Waals surface area contributed by atoms with Crippen molar-refractivity contribution in [3.8, 4) is 0 Å². The first-order valence-corrected chi connectivity index (χ1v) is 7.30. The molecule has 0 spiro atoms. The predicted octanol–water partition coefficient (Wildman–Crippen LogP) is -0.688. The van der Waals surface area contributed by atoms with Crippen LogP contribution in [-0.2, 0) is 0 Å². The summed E-state index contributed by atoms with van der Waals surface area (Å²) in [5, 5.41) is 11.9. The molecule has 12 heteroatoms. The van der Waals surface area contributed by atoms with Gasteiger partial charge in [-0.25, -0.2) is 0 Å². The molecular weight excluding hydrogens is 312 g/mol. The summed E-state index contributed by atoms with van der Waals surface area (Å²) in [7, 11) is 7.15. The van der Waals surface area contributed by atoms with E-state index in [-0.39, 0.29) is 5.95 Å². The minimum absolute atomic E-state index is 0.166. The van der Waals surface area contributed by atoms with Gasteiger partial charge in [0.15, 0.2) is 0 Å². The Morgan fingerprint density at radius 3 is 1.75 bits per heavy atom. The average Bonchev–Trinajstić information content (AvgIpc) is 2.57. The maximum absolute atomic E-state index is 5.67. The number of hydrogen-bond donors (Lipinski definition) is 5. The number of nitrogens with zero attached hydrogens (tertiary/aromatic N) is 7.